The highest BCUT2D eigenvalue weighted by Crippen LogP contribution is 2.48. The van der Waals surface area contributed by atoms with E-state index in [2.05, 4.69) is 18.2 Å². The summed E-state index contributed by atoms with van der Waals surface area (Å²) >= 11 is 0. The second-order valence-electron chi connectivity index (χ2n) is 7.01. The maximum absolute atomic E-state index is 13.2. The molecule has 1 aliphatic heterocycles. The molecule has 2 saturated carbocycles. The van der Waals surface area contributed by atoms with E-state index < -0.39 is 0 Å². The maximum atomic E-state index is 13.2. The van der Waals surface area contributed by atoms with Gasteiger partial charge in [0.25, 0.3) is 0 Å². The molecule has 21 heavy (non-hydrogen) atoms. The zero-order valence-corrected chi connectivity index (χ0v) is 12.5. The SMILES string of the molecule is NC1C2CCC(C2)C1C(=O)N1CCCCc2ccccc21. The molecule has 2 N–H and O–H groups in total. The molecule has 0 radical (unpaired) electrons. The molecule has 3 nitrogen and oxygen atoms in total. The van der Waals surface area contributed by atoms with Gasteiger partial charge in [-0.3, -0.25) is 4.79 Å². The minimum absolute atomic E-state index is 0.0647. The Morgan fingerprint density at radius 1 is 1.14 bits per heavy atom. The average Bonchev–Trinajstić information content (AvgIpc) is 3.01. The lowest BCUT2D eigenvalue weighted by Crippen LogP contribution is -2.47. The number of aryl methyl sites for hydroxylation is 1. The van der Waals surface area contributed by atoms with Crippen LogP contribution in [0, 0.1) is 17.8 Å². The quantitative estimate of drug-likeness (QED) is 0.862. The van der Waals surface area contributed by atoms with Gasteiger partial charge in [-0.15, -0.1) is 0 Å². The van der Waals surface area contributed by atoms with Crippen molar-refractivity contribution in [1.29, 1.82) is 0 Å². The third kappa shape index (κ3) is 2.10. The molecule has 4 rings (SSSR count). The standard InChI is InChI=1S/C18H24N2O/c19-17-14-9-8-13(11-14)16(17)18(21)20-10-4-3-6-12-5-1-2-7-15(12)20/h1-2,5,7,13-14,16-17H,3-4,6,8-11,19H2. The van der Waals surface area contributed by atoms with Gasteiger partial charge in [-0.1, -0.05) is 18.2 Å². The molecule has 3 aliphatic rings. The van der Waals surface area contributed by atoms with E-state index >= 15 is 0 Å². The van der Waals surface area contributed by atoms with Gasteiger partial charge in [0.05, 0.1) is 5.92 Å². The minimum atomic E-state index is 0.0647. The molecule has 1 aromatic carbocycles. The van der Waals surface area contributed by atoms with Crippen molar-refractivity contribution < 1.29 is 4.79 Å². The van der Waals surface area contributed by atoms with E-state index in [4.69, 9.17) is 5.73 Å². The zero-order valence-electron chi connectivity index (χ0n) is 12.5. The Labute approximate surface area is 126 Å². The monoisotopic (exact) mass is 284 g/mol. The molecule has 1 amide bonds. The molecular formula is C18H24N2O. The van der Waals surface area contributed by atoms with Crippen LogP contribution in [0.3, 0.4) is 0 Å². The van der Waals surface area contributed by atoms with Gasteiger partial charge < -0.3 is 10.6 Å². The first-order valence-electron chi connectivity index (χ1n) is 8.40. The molecule has 0 spiro atoms. The van der Waals surface area contributed by atoms with Crippen molar-refractivity contribution in [3.8, 4) is 0 Å². The van der Waals surface area contributed by atoms with Crippen LogP contribution in [0.25, 0.3) is 0 Å². The number of para-hydroxylation sites is 1. The number of benzene rings is 1. The summed E-state index contributed by atoms with van der Waals surface area (Å²) in [4.78, 5) is 15.2. The highest BCUT2D eigenvalue weighted by molar-refractivity contribution is 5.96. The summed E-state index contributed by atoms with van der Waals surface area (Å²) < 4.78 is 0. The Morgan fingerprint density at radius 3 is 2.76 bits per heavy atom. The fraction of sp³-hybridized carbons (Fsp3) is 0.611. The van der Waals surface area contributed by atoms with Crippen LogP contribution in [0.5, 0.6) is 0 Å². The number of anilines is 1. The Kier molecular flexibility index (Phi) is 3.26. The van der Waals surface area contributed by atoms with Crippen LogP contribution in [0.2, 0.25) is 0 Å². The van der Waals surface area contributed by atoms with E-state index in [-0.39, 0.29) is 12.0 Å². The van der Waals surface area contributed by atoms with Gasteiger partial charge in [0.15, 0.2) is 0 Å². The first-order valence-corrected chi connectivity index (χ1v) is 8.40. The molecule has 112 valence electrons. The van der Waals surface area contributed by atoms with Gasteiger partial charge in [0.2, 0.25) is 5.91 Å². The van der Waals surface area contributed by atoms with Gasteiger partial charge in [-0.25, -0.2) is 0 Å². The fourth-order valence-corrected chi connectivity index (χ4v) is 4.80. The first-order chi connectivity index (χ1) is 10.3. The topological polar surface area (TPSA) is 46.3 Å². The number of hydrogen-bond donors (Lipinski definition) is 1. The van der Waals surface area contributed by atoms with Gasteiger partial charge in [-0.2, -0.15) is 0 Å². The number of fused-ring (bicyclic) bond motifs is 3. The Balaban J connectivity index is 1.65. The number of amides is 1. The number of carbonyl (C=O) groups is 1. The summed E-state index contributed by atoms with van der Waals surface area (Å²) in [5.74, 6) is 1.48. The van der Waals surface area contributed by atoms with Crippen LogP contribution in [0.15, 0.2) is 24.3 Å². The van der Waals surface area contributed by atoms with E-state index in [0.717, 1.165) is 25.1 Å². The molecule has 1 aromatic rings. The van der Waals surface area contributed by atoms with E-state index in [1.54, 1.807) is 0 Å². The molecule has 2 fully saturated rings. The summed E-state index contributed by atoms with van der Waals surface area (Å²) in [6.45, 7) is 0.858. The maximum Gasteiger partial charge on any atom is 0.231 e. The van der Waals surface area contributed by atoms with Crippen molar-refractivity contribution in [2.45, 2.75) is 44.6 Å². The molecule has 0 aromatic heterocycles. The molecule has 0 saturated heterocycles. The summed E-state index contributed by atoms with van der Waals surface area (Å²) in [5.41, 5.74) is 8.84. The van der Waals surface area contributed by atoms with Gasteiger partial charge in [0.1, 0.15) is 0 Å². The van der Waals surface area contributed by atoms with Crippen molar-refractivity contribution in [2.75, 3.05) is 11.4 Å². The largest absolute Gasteiger partial charge is 0.327 e. The lowest BCUT2D eigenvalue weighted by atomic mass is 9.84. The molecule has 1 heterocycles. The van der Waals surface area contributed by atoms with Gasteiger partial charge in [0, 0.05) is 18.3 Å². The first kappa shape index (κ1) is 13.3. The number of carbonyl (C=O) groups excluding carboxylic acids is 1. The molecule has 2 bridgehead atoms. The third-order valence-electron chi connectivity index (χ3n) is 5.89. The zero-order chi connectivity index (χ0) is 14.4. The second-order valence-corrected chi connectivity index (χ2v) is 7.01. The lowest BCUT2D eigenvalue weighted by molar-refractivity contribution is -0.124. The van der Waals surface area contributed by atoms with Gasteiger partial charge in [-0.05, 0) is 62.0 Å². The van der Waals surface area contributed by atoms with Crippen molar-refractivity contribution in [2.24, 2.45) is 23.5 Å². The van der Waals surface area contributed by atoms with Crippen LogP contribution < -0.4 is 10.6 Å². The normalized spacial score (nSPS) is 34.6. The average molecular weight is 284 g/mol. The predicted octanol–water partition coefficient (Wildman–Crippen LogP) is 2.73. The smallest absolute Gasteiger partial charge is 0.231 e. The molecule has 4 atom stereocenters. The van der Waals surface area contributed by atoms with Crippen LogP contribution in [-0.2, 0) is 11.2 Å². The van der Waals surface area contributed by atoms with Crippen LogP contribution in [-0.4, -0.2) is 18.5 Å². The Hall–Kier alpha value is -1.35. The van der Waals surface area contributed by atoms with E-state index in [9.17, 15) is 4.79 Å². The number of rotatable bonds is 1. The predicted molar refractivity (Wildman–Crippen MR) is 84.0 cm³/mol. The van der Waals surface area contributed by atoms with E-state index in [1.165, 1.54) is 31.2 Å². The highest BCUT2D eigenvalue weighted by Gasteiger charge is 2.50. The number of nitrogens with zero attached hydrogens (tertiary/aromatic N) is 1. The summed E-state index contributed by atoms with van der Waals surface area (Å²) in [6.07, 6.45) is 6.95. The lowest BCUT2D eigenvalue weighted by Gasteiger charge is -2.33. The summed E-state index contributed by atoms with van der Waals surface area (Å²) in [7, 11) is 0. The third-order valence-corrected chi connectivity index (χ3v) is 5.89. The van der Waals surface area contributed by atoms with Crippen molar-refractivity contribution in [3.05, 3.63) is 29.8 Å². The Bertz CT molecular complexity index is 554. The minimum Gasteiger partial charge on any atom is -0.327 e. The summed E-state index contributed by atoms with van der Waals surface area (Å²) in [5, 5.41) is 0. The van der Waals surface area contributed by atoms with Crippen LogP contribution >= 0.6 is 0 Å². The second kappa shape index (κ2) is 5.13. The number of nitrogens with two attached hydrogens (primary N) is 1. The van der Waals surface area contributed by atoms with E-state index in [1.807, 2.05) is 11.0 Å². The summed E-state index contributed by atoms with van der Waals surface area (Å²) in [6, 6.07) is 8.49. The molecule has 4 unspecified atom stereocenters. The fourth-order valence-electron chi connectivity index (χ4n) is 4.80. The van der Waals surface area contributed by atoms with Gasteiger partial charge >= 0.3 is 0 Å². The van der Waals surface area contributed by atoms with Crippen molar-refractivity contribution >= 4 is 11.6 Å². The highest BCUT2D eigenvalue weighted by atomic mass is 16.2. The van der Waals surface area contributed by atoms with E-state index in [0.29, 0.717) is 17.7 Å². The molecule has 3 heteroatoms. The molecular weight excluding hydrogens is 260 g/mol. The molecule has 2 aliphatic carbocycles. The van der Waals surface area contributed by atoms with Crippen molar-refractivity contribution in [3.63, 3.8) is 0 Å². The van der Waals surface area contributed by atoms with Crippen molar-refractivity contribution in [1.82, 2.24) is 0 Å². The van der Waals surface area contributed by atoms with Crippen LogP contribution in [0.4, 0.5) is 5.69 Å². The Morgan fingerprint density at radius 2 is 1.95 bits per heavy atom. The number of hydrogen-bond acceptors (Lipinski definition) is 2. The van der Waals surface area contributed by atoms with Crippen LogP contribution in [0.1, 0.15) is 37.7 Å².